The summed E-state index contributed by atoms with van der Waals surface area (Å²) >= 11 is 0. The summed E-state index contributed by atoms with van der Waals surface area (Å²) in [6, 6.07) is 46.1. The Morgan fingerprint density at radius 2 is 1.10 bits per heavy atom. The standard InChI is InChI=1S/C36H22N2O/c1-2-8-23(9-3-1)24-14-17-26(18-15-24)36-37-32-12-6-4-11-30(32)34(38-36)27-19-16-25-20-21-29-28-10-5-7-13-33(28)39-35(29)31(25)22-27/h1-22H. The molecular formula is C36H22N2O. The molecule has 2 aromatic heterocycles. The van der Waals surface area contributed by atoms with E-state index >= 15 is 0 Å². The van der Waals surface area contributed by atoms with Gasteiger partial charge in [-0.2, -0.15) is 0 Å². The van der Waals surface area contributed by atoms with Crippen LogP contribution in [-0.4, -0.2) is 9.97 Å². The zero-order valence-electron chi connectivity index (χ0n) is 21.0. The molecule has 0 aliphatic rings. The highest BCUT2D eigenvalue weighted by molar-refractivity contribution is 6.15. The average Bonchev–Trinajstić information content (AvgIpc) is 3.40. The molecule has 0 unspecified atom stereocenters. The Labute approximate surface area is 225 Å². The van der Waals surface area contributed by atoms with Crippen LogP contribution in [0.1, 0.15) is 0 Å². The molecule has 0 N–H and O–H groups in total. The van der Waals surface area contributed by atoms with Crippen molar-refractivity contribution in [2.75, 3.05) is 0 Å². The van der Waals surface area contributed by atoms with Crippen LogP contribution in [0.25, 0.3) is 77.4 Å². The predicted octanol–water partition coefficient (Wildman–Crippen LogP) is 9.68. The van der Waals surface area contributed by atoms with Crippen molar-refractivity contribution in [2.24, 2.45) is 0 Å². The fourth-order valence-corrected chi connectivity index (χ4v) is 5.52. The minimum Gasteiger partial charge on any atom is -0.455 e. The van der Waals surface area contributed by atoms with Gasteiger partial charge in [0.2, 0.25) is 0 Å². The van der Waals surface area contributed by atoms with Gasteiger partial charge in [-0.25, -0.2) is 9.97 Å². The highest BCUT2D eigenvalue weighted by atomic mass is 16.3. The number of para-hydroxylation sites is 2. The van der Waals surface area contributed by atoms with Crippen LogP contribution < -0.4 is 0 Å². The third-order valence-corrected chi connectivity index (χ3v) is 7.49. The van der Waals surface area contributed by atoms with Crippen molar-refractivity contribution >= 4 is 43.6 Å². The van der Waals surface area contributed by atoms with E-state index < -0.39 is 0 Å². The number of benzene rings is 6. The Kier molecular flexibility index (Phi) is 4.82. The van der Waals surface area contributed by atoms with Gasteiger partial charge in [-0.15, -0.1) is 0 Å². The van der Waals surface area contributed by atoms with E-state index in [1.54, 1.807) is 0 Å². The van der Waals surface area contributed by atoms with Crippen molar-refractivity contribution in [3.8, 4) is 33.8 Å². The van der Waals surface area contributed by atoms with Crippen LogP contribution in [0.4, 0.5) is 0 Å². The Morgan fingerprint density at radius 3 is 1.97 bits per heavy atom. The molecule has 8 rings (SSSR count). The van der Waals surface area contributed by atoms with Gasteiger partial charge in [0, 0.05) is 32.7 Å². The molecule has 2 heterocycles. The second-order valence-electron chi connectivity index (χ2n) is 9.83. The lowest BCUT2D eigenvalue weighted by molar-refractivity contribution is 0.672. The van der Waals surface area contributed by atoms with Crippen LogP contribution in [-0.2, 0) is 0 Å². The van der Waals surface area contributed by atoms with Crippen LogP contribution >= 0.6 is 0 Å². The number of hydrogen-bond acceptors (Lipinski definition) is 3. The van der Waals surface area contributed by atoms with E-state index in [-0.39, 0.29) is 0 Å². The van der Waals surface area contributed by atoms with Crippen molar-refractivity contribution < 1.29 is 4.42 Å². The minimum atomic E-state index is 0.713. The van der Waals surface area contributed by atoms with E-state index in [9.17, 15) is 0 Å². The van der Waals surface area contributed by atoms with Crippen molar-refractivity contribution in [1.29, 1.82) is 0 Å². The zero-order valence-corrected chi connectivity index (χ0v) is 21.0. The first-order valence-corrected chi connectivity index (χ1v) is 13.1. The van der Waals surface area contributed by atoms with Gasteiger partial charge >= 0.3 is 0 Å². The quantitative estimate of drug-likeness (QED) is 0.243. The summed E-state index contributed by atoms with van der Waals surface area (Å²) in [6.07, 6.45) is 0. The van der Waals surface area contributed by atoms with Crippen LogP contribution in [0.3, 0.4) is 0 Å². The summed E-state index contributed by atoms with van der Waals surface area (Å²) in [7, 11) is 0. The fraction of sp³-hybridized carbons (Fsp3) is 0. The van der Waals surface area contributed by atoms with Gasteiger partial charge in [-0.05, 0) is 40.8 Å². The monoisotopic (exact) mass is 498 g/mol. The smallest absolute Gasteiger partial charge is 0.160 e. The molecule has 8 aromatic rings. The summed E-state index contributed by atoms with van der Waals surface area (Å²) in [5, 5.41) is 5.51. The van der Waals surface area contributed by atoms with Crippen LogP contribution in [0.2, 0.25) is 0 Å². The molecule has 0 spiro atoms. The van der Waals surface area contributed by atoms with E-state index in [0.29, 0.717) is 5.82 Å². The molecule has 0 saturated heterocycles. The maximum Gasteiger partial charge on any atom is 0.160 e. The second-order valence-corrected chi connectivity index (χ2v) is 9.83. The molecular weight excluding hydrogens is 476 g/mol. The summed E-state index contributed by atoms with van der Waals surface area (Å²) in [6.45, 7) is 0. The molecule has 0 radical (unpaired) electrons. The number of nitrogens with zero attached hydrogens (tertiary/aromatic N) is 2. The van der Waals surface area contributed by atoms with Gasteiger partial charge < -0.3 is 4.42 Å². The third-order valence-electron chi connectivity index (χ3n) is 7.49. The third kappa shape index (κ3) is 3.59. The predicted molar refractivity (Wildman–Crippen MR) is 161 cm³/mol. The van der Waals surface area contributed by atoms with Crippen molar-refractivity contribution in [3.63, 3.8) is 0 Å². The van der Waals surface area contributed by atoms with Gasteiger partial charge in [0.1, 0.15) is 11.2 Å². The first-order chi connectivity index (χ1) is 19.3. The zero-order chi connectivity index (χ0) is 25.8. The molecule has 182 valence electrons. The molecule has 0 aliphatic carbocycles. The molecule has 0 bridgehead atoms. The highest BCUT2D eigenvalue weighted by Gasteiger charge is 2.15. The maximum absolute atomic E-state index is 6.35. The Hall–Kier alpha value is -5.28. The largest absolute Gasteiger partial charge is 0.455 e. The van der Waals surface area contributed by atoms with E-state index in [1.165, 1.54) is 11.1 Å². The van der Waals surface area contributed by atoms with Crippen molar-refractivity contribution in [1.82, 2.24) is 9.97 Å². The van der Waals surface area contributed by atoms with Crippen LogP contribution in [0.5, 0.6) is 0 Å². The Balaban J connectivity index is 1.31. The fourth-order valence-electron chi connectivity index (χ4n) is 5.52. The molecule has 0 atom stereocenters. The lowest BCUT2D eigenvalue weighted by atomic mass is 9.99. The van der Waals surface area contributed by atoms with Crippen molar-refractivity contribution in [3.05, 3.63) is 133 Å². The van der Waals surface area contributed by atoms with E-state index in [4.69, 9.17) is 14.4 Å². The second kappa shape index (κ2) is 8.64. The molecule has 3 heteroatoms. The normalized spacial score (nSPS) is 11.6. The number of furan rings is 1. The molecule has 39 heavy (non-hydrogen) atoms. The molecule has 0 saturated carbocycles. The first kappa shape index (κ1) is 21.8. The van der Waals surface area contributed by atoms with Crippen LogP contribution in [0.15, 0.2) is 138 Å². The first-order valence-electron chi connectivity index (χ1n) is 13.1. The molecule has 3 nitrogen and oxygen atoms in total. The maximum atomic E-state index is 6.35. The molecule has 0 fully saturated rings. The summed E-state index contributed by atoms with van der Waals surface area (Å²) in [5.74, 6) is 0.713. The number of aromatic nitrogens is 2. The molecule has 0 aliphatic heterocycles. The van der Waals surface area contributed by atoms with Gasteiger partial charge in [-0.3, -0.25) is 0 Å². The van der Waals surface area contributed by atoms with Gasteiger partial charge in [0.15, 0.2) is 5.82 Å². The van der Waals surface area contributed by atoms with Gasteiger partial charge in [0.05, 0.1) is 11.2 Å². The molecule has 6 aromatic carbocycles. The van der Waals surface area contributed by atoms with E-state index in [0.717, 1.165) is 60.4 Å². The SMILES string of the molecule is c1ccc(-c2ccc(-c3nc(-c4ccc5ccc6c7ccccc7oc6c5c4)c4ccccc4n3)cc2)cc1. The van der Waals surface area contributed by atoms with Gasteiger partial charge in [-0.1, -0.05) is 109 Å². The highest BCUT2D eigenvalue weighted by Crippen LogP contribution is 2.37. The Bertz CT molecular complexity index is 2160. The minimum absolute atomic E-state index is 0.713. The summed E-state index contributed by atoms with van der Waals surface area (Å²) in [4.78, 5) is 10.1. The lowest BCUT2D eigenvalue weighted by Gasteiger charge is -2.11. The number of hydrogen-bond donors (Lipinski definition) is 0. The Morgan fingerprint density at radius 1 is 0.436 bits per heavy atom. The number of fused-ring (bicyclic) bond motifs is 6. The number of rotatable bonds is 3. The lowest BCUT2D eigenvalue weighted by Crippen LogP contribution is -1.95. The van der Waals surface area contributed by atoms with E-state index in [1.807, 2.05) is 30.3 Å². The average molecular weight is 499 g/mol. The van der Waals surface area contributed by atoms with Crippen molar-refractivity contribution in [2.45, 2.75) is 0 Å². The summed E-state index contributed by atoms with van der Waals surface area (Å²) in [5.41, 5.74) is 8.04. The topological polar surface area (TPSA) is 38.9 Å². The van der Waals surface area contributed by atoms with Crippen LogP contribution in [0, 0.1) is 0 Å². The van der Waals surface area contributed by atoms with E-state index in [2.05, 4.69) is 103 Å². The summed E-state index contributed by atoms with van der Waals surface area (Å²) < 4.78 is 6.35. The molecule has 0 amide bonds. The van der Waals surface area contributed by atoms with Gasteiger partial charge in [0.25, 0.3) is 0 Å².